The van der Waals surface area contributed by atoms with Crippen LogP contribution in [0.1, 0.15) is 6.42 Å². The minimum atomic E-state index is 0.731. The summed E-state index contributed by atoms with van der Waals surface area (Å²) >= 11 is 0. The quantitative estimate of drug-likeness (QED) is 0.827. The van der Waals surface area contributed by atoms with Crippen LogP contribution in [-0.2, 0) is 0 Å². The second-order valence-electron chi connectivity index (χ2n) is 5.40. The average Bonchev–Trinajstić information content (AvgIpc) is 2.84. The molecule has 0 bridgehead atoms. The van der Waals surface area contributed by atoms with Crippen LogP contribution in [0.5, 0.6) is 0 Å². The molecule has 3 rings (SSSR count). The first-order valence-corrected chi connectivity index (χ1v) is 6.79. The molecule has 4 heteroatoms. The largest absolute Gasteiger partial charge is 0.397 e. The number of nitrogens with zero attached hydrogens (tertiary/aromatic N) is 2. The van der Waals surface area contributed by atoms with Crippen LogP contribution >= 0.6 is 0 Å². The van der Waals surface area contributed by atoms with E-state index in [2.05, 4.69) is 34.4 Å². The smallest absolute Gasteiger partial charge is 0.0951 e. The van der Waals surface area contributed by atoms with E-state index >= 15 is 0 Å². The van der Waals surface area contributed by atoms with Crippen molar-refractivity contribution in [1.82, 2.24) is 9.88 Å². The number of hydrogen-bond acceptors (Lipinski definition) is 4. The van der Waals surface area contributed by atoms with E-state index in [1.54, 1.807) is 6.20 Å². The van der Waals surface area contributed by atoms with Gasteiger partial charge in [-0.15, -0.1) is 0 Å². The van der Waals surface area contributed by atoms with Crippen LogP contribution in [0.3, 0.4) is 0 Å². The van der Waals surface area contributed by atoms with Crippen molar-refractivity contribution in [2.24, 2.45) is 5.92 Å². The molecule has 1 unspecified atom stereocenters. The van der Waals surface area contributed by atoms with Gasteiger partial charge in [-0.1, -0.05) is 0 Å². The second-order valence-corrected chi connectivity index (χ2v) is 5.40. The third-order valence-electron chi connectivity index (χ3n) is 3.87. The molecular weight excluding hydrogens is 236 g/mol. The highest BCUT2D eigenvalue weighted by molar-refractivity contribution is 5.98. The van der Waals surface area contributed by atoms with E-state index in [1.165, 1.54) is 19.5 Å². The number of benzene rings is 1. The van der Waals surface area contributed by atoms with E-state index in [1.807, 2.05) is 12.1 Å². The van der Waals surface area contributed by atoms with Gasteiger partial charge in [0.15, 0.2) is 0 Å². The number of anilines is 2. The molecule has 0 radical (unpaired) electrons. The number of aromatic nitrogens is 1. The summed E-state index contributed by atoms with van der Waals surface area (Å²) in [4.78, 5) is 6.74. The van der Waals surface area contributed by atoms with Crippen LogP contribution in [0, 0.1) is 5.92 Å². The van der Waals surface area contributed by atoms with Crippen molar-refractivity contribution in [3.63, 3.8) is 0 Å². The van der Waals surface area contributed by atoms with Crippen LogP contribution < -0.4 is 11.1 Å². The molecule has 0 aliphatic carbocycles. The Labute approximate surface area is 113 Å². The van der Waals surface area contributed by atoms with Crippen LogP contribution in [0.25, 0.3) is 10.9 Å². The predicted molar refractivity (Wildman–Crippen MR) is 80.2 cm³/mol. The van der Waals surface area contributed by atoms with E-state index < -0.39 is 0 Å². The molecule has 1 aliphatic heterocycles. The van der Waals surface area contributed by atoms with Gasteiger partial charge in [0.1, 0.15) is 0 Å². The Morgan fingerprint density at radius 3 is 3.11 bits per heavy atom. The van der Waals surface area contributed by atoms with Crippen LogP contribution in [-0.4, -0.2) is 36.6 Å². The van der Waals surface area contributed by atoms with Gasteiger partial charge in [-0.25, -0.2) is 0 Å². The fourth-order valence-electron chi connectivity index (χ4n) is 2.80. The molecule has 2 aromatic rings. The number of likely N-dealkylation sites (tertiary alicyclic amines) is 1. The van der Waals surface area contributed by atoms with E-state index in [9.17, 15) is 0 Å². The van der Waals surface area contributed by atoms with Gasteiger partial charge < -0.3 is 16.0 Å². The molecule has 19 heavy (non-hydrogen) atoms. The van der Waals surface area contributed by atoms with Crippen molar-refractivity contribution in [2.45, 2.75) is 6.42 Å². The topological polar surface area (TPSA) is 54.2 Å². The van der Waals surface area contributed by atoms with Gasteiger partial charge >= 0.3 is 0 Å². The lowest BCUT2D eigenvalue weighted by atomic mass is 10.1. The summed E-state index contributed by atoms with van der Waals surface area (Å²) in [6, 6.07) is 8.01. The molecule has 1 fully saturated rings. The molecule has 4 nitrogen and oxygen atoms in total. The molecule has 100 valence electrons. The maximum absolute atomic E-state index is 5.96. The van der Waals surface area contributed by atoms with Crippen molar-refractivity contribution in [3.8, 4) is 0 Å². The molecule has 0 amide bonds. The first-order chi connectivity index (χ1) is 9.24. The third-order valence-corrected chi connectivity index (χ3v) is 3.87. The van der Waals surface area contributed by atoms with E-state index in [-0.39, 0.29) is 0 Å². The highest BCUT2D eigenvalue weighted by Crippen LogP contribution is 2.27. The number of fused-ring (bicyclic) bond motifs is 1. The summed E-state index contributed by atoms with van der Waals surface area (Å²) in [5, 5.41) is 4.66. The van der Waals surface area contributed by atoms with Gasteiger partial charge in [-0.05, 0) is 50.2 Å². The van der Waals surface area contributed by atoms with Crippen LogP contribution in [0.2, 0.25) is 0 Å². The average molecular weight is 256 g/mol. The molecule has 2 heterocycles. The van der Waals surface area contributed by atoms with E-state index in [0.29, 0.717) is 0 Å². The SMILES string of the molecule is CN1CCC(CNc2ccc(N)c3ncccc23)C1. The molecule has 1 aromatic heterocycles. The van der Waals surface area contributed by atoms with Gasteiger partial charge in [0, 0.05) is 30.4 Å². The third kappa shape index (κ3) is 2.49. The minimum Gasteiger partial charge on any atom is -0.397 e. The summed E-state index contributed by atoms with van der Waals surface area (Å²) in [5.74, 6) is 0.731. The summed E-state index contributed by atoms with van der Waals surface area (Å²) < 4.78 is 0. The van der Waals surface area contributed by atoms with Crippen molar-refractivity contribution in [2.75, 3.05) is 37.7 Å². The number of pyridine rings is 1. The Bertz CT molecular complexity index is 581. The summed E-state index contributed by atoms with van der Waals surface area (Å²) in [6.07, 6.45) is 3.06. The lowest BCUT2D eigenvalue weighted by molar-refractivity contribution is 0.399. The Kier molecular flexibility index (Phi) is 3.25. The Balaban J connectivity index is 1.79. The maximum atomic E-state index is 5.96. The molecule has 1 saturated heterocycles. The molecular formula is C15H20N4. The lowest BCUT2D eigenvalue weighted by Gasteiger charge is -2.14. The van der Waals surface area contributed by atoms with Gasteiger partial charge in [0.05, 0.1) is 11.2 Å². The second kappa shape index (κ2) is 5.05. The number of nitrogens with one attached hydrogen (secondary N) is 1. The zero-order valence-electron chi connectivity index (χ0n) is 11.3. The monoisotopic (exact) mass is 256 g/mol. The fourth-order valence-corrected chi connectivity index (χ4v) is 2.80. The maximum Gasteiger partial charge on any atom is 0.0951 e. The van der Waals surface area contributed by atoms with Gasteiger partial charge in [-0.3, -0.25) is 4.98 Å². The number of nitrogen functional groups attached to an aromatic ring is 1. The van der Waals surface area contributed by atoms with E-state index in [0.717, 1.165) is 34.7 Å². The first kappa shape index (κ1) is 12.2. The molecule has 0 spiro atoms. The molecule has 1 atom stereocenters. The van der Waals surface area contributed by atoms with E-state index in [4.69, 9.17) is 5.73 Å². The Morgan fingerprint density at radius 1 is 1.42 bits per heavy atom. The summed E-state index contributed by atoms with van der Waals surface area (Å²) in [5.41, 5.74) is 8.72. The van der Waals surface area contributed by atoms with Crippen LogP contribution in [0.4, 0.5) is 11.4 Å². The zero-order valence-corrected chi connectivity index (χ0v) is 11.3. The number of nitrogens with two attached hydrogens (primary N) is 1. The highest BCUT2D eigenvalue weighted by atomic mass is 15.1. The van der Waals surface area contributed by atoms with Gasteiger partial charge in [-0.2, -0.15) is 0 Å². The lowest BCUT2D eigenvalue weighted by Crippen LogP contribution is -2.19. The van der Waals surface area contributed by atoms with Crippen molar-refractivity contribution in [3.05, 3.63) is 30.5 Å². The molecule has 1 aliphatic rings. The van der Waals surface area contributed by atoms with Gasteiger partial charge in [0.25, 0.3) is 0 Å². The Morgan fingerprint density at radius 2 is 2.32 bits per heavy atom. The number of hydrogen-bond donors (Lipinski definition) is 2. The minimum absolute atomic E-state index is 0.731. The summed E-state index contributed by atoms with van der Waals surface area (Å²) in [6.45, 7) is 3.40. The number of rotatable bonds is 3. The molecule has 1 aromatic carbocycles. The summed E-state index contributed by atoms with van der Waals surface area (Å²) in [7, 11) is 2.18. The first-order valence-electron chi connectivity index (χ1n) is 6.79. The van der Waals surface area contributed by atoms with Crippen molar-refractivity contribution in [1.29, 1.82) is 0 Å². The molecule has 3 N–H and O–H groups in total. The molecule has 0 saturated carbocycles. The van der Waals surface area contributed by atoms with Crippen molar-refractivity contribution >= 4 is 22.3 Å². The Hall–Kier alpha value is -1.81. The standard InChI is InChI=1S/C15H20N4/c1-19-8-6-11(10-19)9-18-14-5-4-13(16)15-12(14)3-2-7-17-15/h2-5,7,11,18H,6,8-10,16H2,1H3. The highest BCUT2D eigenvalue weighted by Gasteiger charge is 2.19. The predicted octanol–water partition coefficient (Wildman–Crippen LogP) is 2.18. The normalized spacial score (nSPS) is 19.9. The zero-order chi connectivity index (χ0) is 13.2. The van der Waals surface area contributed by atoms with Crippen molar-refractivity contribution < 1.29 is 0 Å². The fraction of sp³-hybridized carbons (Fsp3) is 0.400. The van der Waals surface area contributed by atoms with Gasteiger partial charge in [0.2, 0.25) is 0 Å². The van der Waals surface area contributed by atoms with Crippen LogP contribution in [0.15, 0.2) is 30.5 Å².